The molecule has 1 aromatic carbocycles. The molecule has 0 atom stereocenters. The molecule has 0 spiro atoms. The number of rotatable bonds is 6. The second-order valence-corrected chi connectivity index (χ2v) is 6.17. The fourth-order valence-electron chi connectivity index (χ4n) is 1.87. The monoisotopic (exact) mass is 337 g/mol. The third-order valence-electron chi connectivity index (χ3n) is 2.93. The SMILES string of the molecule is CCN1C(=O)/C(=C/c2cccc(OCCC(=O)O)c2)SC1=S. The first-order chi connectivity index (χ1) is 10.5. The van der Waals surface area contributed by atoms with E-state index in [-0.39, 0.29) is 18.9 Å². The predicted octanol–water partition coefficient (Wildman–Crippen LogP) is 2.76. The van der Waals surface area contributed by atoms with E-state index in [9.17, 15) is 9.59 Å². The van der Waals surface area contributed by atoms with E-state index in [0.717, 1.165) is 5.56 Å². The zero-order valence-electron chi connectivity index (χ0n) is 11.9. The third kappa shape index (κ3) is 4.08. The number of thioether (sulfide) groups is 1. The van der Waals surface area contributed by atoms with Crippen LogP contribution in [0.2, 0.25) is 0 Å². The molecule has 2 rings (SSSR count). The first kappa shape index (κ1) is 16.5. The Balaban J connectivity index is 2.10. The summed E-state index contributed by atoms with van der Waals surface area (Å²) >= 11 is 6.44. The molecule has 22 heavy (non-hydrogen) atoms. The average molecular weight is 337 g/mol. The van der Waals surface area contributed by atoms with Gasteiger partial charge in [0.25, 0.3) is 5.91 Å². The Morgan fingerprint density at radius 3 is 2.91 bits per heavy atom. The number of benzene rings is 1. The van der Waals surface area contributed by atoms with Crippen LogP contribution < -0.4 is 4.74 Å². The quantitative estimate of drug-likeness (QED) is 0.636. The summed E-state index contributed by atoms with van der Waals surface area (Å²) < 4.78 is 5.94. The van der Waals surface area contributed by atoms with E-state index in [2.05, 4.69) is 0 Å². The molecule has 0 unspecified atom stereocenters. The maximum atomic E-state index is 12.1. The molecule has 0 aromatic heterocycles. The second kappa shape index (κ2) is 7.42. The normalized spacial score (nSPS) is 16.4. The van der Waals surface area contributed by atoms with Crippen molar-refractivity contribution in [1.29, 1.82) is 0 Å². The Morgan fingerprint density at radius 1 is 1.50 bits per heavy atom. The van der Waals surface area contributed by atoms with Crippen LogP contribution in [-0.2, 0) is 9.59 Å². The molecule has 1 heterocycles. The van der Waals surface area contributed by atoms with Gasteiger partial charge >= 0.3 is 5.97 Å². The number of ether oxygens (including phenoxy) is 1. The van der Waals surface area contributed by atoms with Gasteiger partial charge in [-0.05, 0) is 30.7 Å². The van der Waals surface area contributed by atoms with E-state index >= 15 is 0 Å². The molecule has 0 saturated carbocycles. The number of amides is 1. The molecule has 0 bridgehead atoms. The fraction of sp³-hybridized carbons (Fsp3) is 0.267. The summed E-state index contributed by atoms with van der Waals surface area (Å²) in [7, 11) is 0. The van der Waals surface area contributed by atoms with Crippen LogP contribution in [0, 0.1) is 0 Å². The lowest BCUT2D eigenvalue weighted by atomic mass is 10.2. The highest BCUT2D eigenvalue weighted by molar-refractivity contribution is 8.26. The highest BCUT2D eigenvalue weighted by Gasteiger charge is 2.30. The summed E-state index contributed by atoms with van der Waals surface area (Å²) in [6.45, 7) is 2.54. The number of likely N-dealkylation sites (N-methyl/N-ethyl adjacent to an activating group) is 1. The van der Waals surface area contributed by atoms with Gasteiger partial charge in [-0.15, -0.1) is 0 Å². The Bertz CT molecular complexity index is 642. The van der Waals surface area contributed by atoms with Gasteiger partial charge in [0.05, 0.1) is 17.9 Å². The number of aliphatic carboxylic acids is 1. The van der Waals surface area contributed by atoms with E-state index in [1.54, 1.807) is 29.2 Å². The molecule has 1 amide bonds. The minimum absolute atomic E-state index is 0.0562. The summed E-state index contributed by atoms with van der Waals surface area (Å²) in [5, 5.41) is 8.59. The largest absolute Gasteiger partial charge is 0.493 e. The van der Waals surface area contributed by atoms with Crippen LogP contribution in [0.1, 0.15) is 18.9 Å². The van der Waals surface area contributed by atoms with Crippen molar-refractivity contribution < 1.29 is 19.4 Å². The Hall–Kier alpha value is -1.86. The van der Waals surface area contributed by atoms with E-state index in [1.807, 2.05) is 13.0 Å². The van der Waals surface area contributed by atoms with Crippen LogP contribution in [0.15, 0.2) is 29.2 Å². The molecule has 1 aromatic rings. The van der Waals surface area contributed by atoms with E-state index in [1.165, 1.54) is 11.8 Å². The number of carbonyl (C=O) groups is 2. The standard InChI is InChI=1S/C15H15NO4S2/c1-2-16-14(19)12(22-15(16)21)9-10-4-3-5-11(8-10)20-7-6-13(17)18/h3-5,8-9H,2,6-7H2,1H3,(H,17,18)/b12-9-. The number of nitrogens with zero attached hydrogens (tertiary/aromatic N) is 1. The van der Waals surface area contributed by atoms with Crippen molar-refractivity contribution in [3.05, 3.63) is 34.7 Å². The van der Waals surface area contributed by atoms with Crippen molar-refractivity contribution in [2.45, 2.75) is 13.3 Å². The van der Waals surface area contributed by atoms with Gasteiger partial charge in [-0.3, -0.25) is 14.5 Å². The van der Waals surface area contributed by atoms with Crippen molar-refractivity contribution in [3.63, 3.8) is 0 Å². The molecule has 1 aliphatic rings. The number of hydrogen-bond donors (Lipinski definition) is 1. The zero-order chi connectivity index (χ0) is 16.1. The maximum Gasteiger partial charge on any atom is 0.306 e. The summed E-state index contributed by atoms with van der Waals surface area (Å²) in [5.41, 5.74) is 0.810. The number of carboxylic acids is 1. The smallest absolute Gasteiger partial charge is 0.306 e. The lowest BCUT2D eigenvalue weighted by molar-refractivity contribution is -0.137. The minimum Gasteiger partial charge on any atom is -0.493 e. The van der Waals surface area contributed by atoms with Gasteiger partial charge in [-0.25, -0.2) is 0 Å². The number of carbonyl (C=O) groups excluding carboxylic acids is 1. The first-order valence-electron chi connectivity index (χ1n) is 6.71. The predicted molar refractivity (Wildman–Crippen MR) is 89.7 cm³/mol. The minimum atomic E-state index is -0.903. The van der Waals surface area contributed by atoms with E-state index in [0.29, 0.717) is 21.5 Å². The molecule has 116 valence electrons. The first-order valence-corrected chi connectivity index (χ1v) is 7.93. The molecular formula is C15H15NO4S2. The van der Waals surface area contributed by atoms with Crippen LogP contribution in [0.25, 0.3) is 6.08 Å². The second-order valence-electron chi connectivity index (χ2n) is 4.49. The van der Waals surface area contributed by atoms with Gasteiger partial charge in [-0.1, -0.05) is 36.1 Å². The molecule has 1 N–H and O–H groups in total. The number of thiocarbonyl (C=S) groups is 1. The van der Waals surface area contributed by atoms with Crippen molar-refractivity contribution >= 4 is 46.3 Å². The summed E-state index contributed by atoms with van der Waals surface area (Å²) in [6, 6.07) is 7.15. The van der Waals surface area contributed by atoms with Crippen LogP contribution in [0.3, 0.4) is 0 Å². The molecule has 0 radical (unpaired) electrons. The molecular weight excluding hydrogens is 322 g/mol. The van der Waals surface area contributed by atoms with Crippen molar-refractivity contribution in [1.82, 2.24) is 4.90 Å². The third-order valence-corrected chi connectivity index (χ3v) is 4.31. The van der Waals surface area contributed by atoms with E-state index < -0.39 is 5.97 Å². The lowest BCUT2D eigenvalue weighted by Gasteiger charge is -2.09. The van der Waals surface area contributed by atoms with Gasteiger partial charge in [0.15, 0.2) is 0 Å². The van der Waals surface area contributed by atoms with Gasteiger partial charge in [-0.2, -0.15) is 0 Å². The van der Waals surface area contributed by atoms with Crippen LogP contribution in [0.5, 0.6) is 5.75 Å². The van der Waals surface area contributed by atoms with Crippen molar-refractivity contribution in [2.75, 3.05) is 13.2 Å². The van der Waals surface area contributed by atoms with E-state index in [4.69, 9.17) is 22.1 Å². The summed E-state index contributed by atoms with van der Waals surface area (Å²) in [4.78, 5) is 24.7. The maximum absolute atomic E-state index is 12.1. The Morgan fingerprint density at radius 2 is 2.27 bits per heavy atom. The van der Waals surface area contributed by atoms with Crippen molar-refractivity contribution in [2.24, 2.45) is 0 Å². The van der Waals surface area contributed by atoms with Crippen molar-refractivity contribution in [3.8, 4) is 5.75 Å². The Labute approximate surface area is 137 Å². The van der Waals surface area contributed by atoms with Gasteiger partial charge in [0.1, 0.15) is 10.1 Å². The number of hydrogen-bond acceptors (Lipinski definition) is 5. The average Bonchev–Trinajstić information content (AvgIpc) is 2.73. The molecule has 7 heteroatoms. The highest BCUT2D eigenvalue weighted by atomic mass is 32.2. The molecule has 1 saturated heterocycles. The summed E-state index contributed by atoms with van der Waals surface area (Å²) in [5.74, 6) is -0.421. The lowest BCUT2D eigenvalue weighted by Crippen LogP contribution is -2.27. The Kier molecular flexibility index (Phi) is 5.57. The van der Waals surface area contributed by atoms with Crippen LogP contribution in [0.4, 0.5) is 0 Å². The summed E-state index contributed by atoms with van der Waals surface area (Å²) in [6.07, 6.45) is 1.71. The fourth-order valence-corrected chi connectivity index (χ4v) is 3.26. The number of carboxylic acid groups (broad SMARTS) is 1. The zero-order valence-corrected chi connectivity index (χ0v) is 13.6. The van der Waals surface area contributed by atoms with Gasteiger partial charge in [0, 0.05) is 6.54 Å². The highest BCUT2D eigenvalue weighted by Crippen LogP contribution is 2.32. The molecule has 1 fully saturated rings. The van der Waals surface area contributed by atoms with Gasteiger partial charge in [0.2, 0.25) is 0 Å². The van der Waals surface area contributed by atoms with Gasteiger partial charge < -0.3 is 9.84 Å². The molecule has 5 nitrogen and oxygen atoms in total. The molecule has 1 aliphatic heterocycles. The van der Waals surface area contributed by atoms with Crippen LogP contribution in [-0.4, -0.2) is 39.4 Å². The van der Waals surface area contributed by atoms with Crippen LogP contribution >= 0.6 is 24.0 Å². The topological polar surface area (TPSA) is 66.8 Å². The molecule has 0 aliphatic carbocycles.